The number of benzene rings is 6. The van der Waals surface area contributed by atoms with Crippen LogP contribution in [0.1, 0.15) is 30.5 Å². The molecule has 0 saturated heterocycles. The molecule has 0 radical (unpaired) electrons. The highest BCUT2D eigenvalue weighted by molar-refractivity contribution is 6.10. The second-order valence-corrected chi connectivity index (χ2v) is 12.1. The molecule has 9 rings (SSSR count). The quantitative estimate of drug-likeness (QED) is 0.218. The summed E-state index contributed by atoms with van der Waals surface area (Å²) in [6, 6.07) is 45.7. The van der Waals surface area contributed by atoms with E-state index in [1.807, 2.05) is 6.07 Å². The van der Waals surface area contributed by atoms with Gasteiger partial charge in [-0.3, -0.25) is 4.57 Å². The molecule has 0 spiro atoms. The number of fused-ring (bicyclic) bond motifs is 5. The zero-order valence-electron chi connectivity index (χ0n) is 24.1. The number of hydrogen-bond donors (Lipinski definition) is 0. The molecule has 0 bridgehead atoms. The van der Waals surface area contributed by atoms with E-state index in [4.69, 9.17) is 4.98 Å². The molecule has 6 aromatic carbocycles. The van der Waals surface area contributed by atoms with Crippen molar-refractivity contribution in [3.05, 3.63) is 150 Å². The number of imidazole rings is 1. The predicted molar refractivity (Wildman–Crippen MR) is 179 cm³/mol. The third-order valence-corrected chi connectivity index (χ3v) is 9.35. The maximum atomic E-state index is 5.06. The molecule has 0 unspecified atom stereocenters. The monoisotopic (exact) mass is 551 g/mol. The Bertz CT molecular complexity index is 2250. The predicted octanol–water partition coefficient (Wildman–Crippen LogP) is 10.3. The molecule has 204 valence electrons. The first-order chi connectivity index (χ1) is 21.1. The third-order valence-electron chi connectivity index (χ3n) is 9.35. The number of para-hydroxylation sites is 3. The van der Waals surface area contributed by atoms with Crippen molar-refractivity contribution in [2.45, 2.75) is 19.3 Å². The van der Waals surface area contributed by atoms with Gasteiger partial charge in [0.1, 0.15) is 5.82 Å². The van der Waals surface area contributed by atoms with Gasteiger partial charge < -0.3 is 4.90 Å². The van der Waals surface area contributed by atoms with Crippen molar-refractivity contribution in [1.29, 1.82) is 0 Å². The van der Waals surface area contributed by atoms with Crippen LogP contribution in [0.25, 0.3) is 56.1 Å². The molecule has 1 aliphatic heterocycles. The maximum absolute atomic E-state index is 5.06. The van der Waals surface area contributed by atoms with E-state index in [2.05, 4.69) is 157 Å². The zero-order chi connectivity index (χ0) is 28.7. The topological polar surface area (TPSA) is 21.1 Å². The second-order valence-electron chi connectivity index (χ2n) is 12.1. The summed E-state index contributed by atoms with van der Waals surface area (Å²) < 4.78 is 2.25. The van der Waals surface area contributed by atoms with Crippen molar-refractivity contribution in [2.24, 2.45) is 0 Å². The van der Waals surface area contributed by atoms with E-state index in [0.717, 1.165) is 33.8 Å². The van der Waals surface area contributed by atoms with Crippen LogP contribution in [0.15, 0.2) is 134 Å². The SMILES string of the molecule is CC1(C)c2ccccc2-c2c1cc1cccc3c1c2C=CN3c1ccc(-c2nc3ccccc3n2-c2ccccc2)cc1. The maximum Gasteiger partial charge on any atom is 0.145 e. The van der Waals surface area contributed by atoms with Crippen LogP contribution in [0, 0.1) is 0 Å². The van der Waals surface area contributed by atoms with Gasteiger partial charge in [-0.05, 0) is 99.9 Å². The summed E-state index contributed by atoms with van der Waals surface area (Å²) in [5.41, 5.74) is 13.5. The second kappa shape index (κ2) is 8.80. The fraction of sp³-hybridized carbons (Fsp3) is 0.0750. The molecule has 0 N–H and O–H groups in total. The van der Waals surface area contributed by atoms with Gasteiger partial charge in [0.15, 0.2) is 0 Å². The van der Waals surface area contributed by atoms with Crippen molar-refractivity contribution >= 4 is 39.3 Å². The normalized spacial score (nSPS) is 14.3. The van der Waals surface area contributed by atoms with E-state index < -0.39 is 0 Å². The lowest BCUT2D eigenvalue weighted by molar-refractivity contribution is 0.661. The van der Waals surface area contributed by atoms with Gasteiger partial charge in [0, 0.05) is 33.9 Å². The molecule has 43 heavy (non-hydrogen) atoms. The summed E-state index contributed by atoms with van der Waals surface area (Å²) in [5, 5.41) is 2.60. The van der Waals surface area contributed by atoms with Crippen LogP contribution in [0.5, 0.6) is 0 Å². The van der Waals surface area contributed by atoms with Gasteiger partial charge in [0.25, 0.3) is 0 Å². The van der Waals surface area contributed by atoms with Crippen LogP contribution in [0.2, 0.25) is 0 Å². The molecule has 2 aliphatic rings. The highest BCUT2D eigenvalue weighted by Crippen LogP contribution is 2.54. The van der Waals surface area contributed by atoms with Gasteiger partial charge in [0.2, 0.25) is 0 Å². The molecule has 7 aromatic rings. The minimum absolute atomic E-state index is 0.0241. The van der Waals surface area contributed by atoms with Gasteiger partial charge >= 0.3 is 0 Å². The smallest absolute Gasteiger partial charge is 0.145 e. The molecule has 2 heterocycles. The minimum Gasteiger partial charge on any atom is -0.317 e. The van der Waals surface area contributed by atoms with E-state index in [1.165, 1.54) is 44.3 Å². The number of hydrogen-bond acceptors (Lipinski definition) is 2. The summed E-state index contributed by atoms with van der Waals surface area (Å²) in [6.07, 6.45) is 4.55. The summed E-state index contributed by atoms with van der Waals surface area (Å²) in [4.78, 5) is 7.38. The largest absolute Gasteiger partial charge is 0.317 e. The third kappa shape index (κ3) is 3.39. The average Bonchev–Trinajstić information content (AvgIpc) is 3.55. The standard InChI is InChI=1S/C40H29N3/c1-40(2)32-15-7-6-14-30(32)38-31-23-24-42(36-18-10-11-27(37(31)36)25-33(38)40)28-21-19-26(20-22-28)39-41-34-16-8-9-17-35(34)43(39)29-12-4-3-5-13-29/h3-25H,1-2H3. The lowest BCUT2D eigenvalue weighted by Crippen LogP contribution is -2.16. The van der Waals surface area contributed by atoms with Crippen molar-refractivity contribution in [1.82, 2.24) is 9.55 Å². The van der Waals surface area contributed by atoms with Crippen LogP contribution < -0.4 is 4.90 Å². The van der Waals surface area contributed by atoms with Gasteiger partial charge in [-0.25, -0.2) is 4.98 Å². The lowest BCUT2D eigenvalue weighted by Gasteiger charge is -2.29. The van der Waals surface area contributed by atoms with Crippen LogP contribution in [0.4, 0.5) is 11.4 Å². The van der Waals surface area contributed by atoms with Gasteiger partial charge in [0.05, 0.1) is 16.7 Å². The van der Waals surface area contributed by atoms with Crippen molar-refractivity contribution < 1.29 is 0 Å². The molecule has 3 heteroatoms. The fourth-order valence-electron chi connectivity index (χ4n) is 7.29. The Labute approximate surface area is 251 Å². The number of aromatic nitrogens is 2. The molecule has 0 fully saturated rings. The summed E-state index contributed by atoms with van der Waals surface area (Å²) in [5.74, 6) is 0.942. The first-order valence-corrected chi connectivity index (χ1v) is 14.9. The summed E-state index contributed by atoms with van der Waals surface area (Å²) >= 11 is 0. The molecule has 0 amide bonds. The van der Waals surface area contributed by atoms with Crippen molar-refractivity contribution in [3.63, 3.8) is 0 Å². The Hall–Kier alpha value is -5.41. The summed E-state index contributed by atoms with van der Waals surface area (Å²) in [7, 11) is 0. The Morgan fingerprint density at radius 3 is 2.28 bits per heavy atom. The number of nitrogens with zero attached hydrogens (tertiary/aromatic N) is 3. The van der Waals surface area contributed by atoms with Crippen LogP contribution in [-0.2, 0) is 5.41 Å². The van der Waals surface area contributed by atoms with Crippen LogP contribution >= 0.6 is 0 Å². The van der Waals surface area contributed by atoms with E-state index >= 15 is 0 Å². The van der Waals surface area contributed by atoms with Gasteiger partial charge in [-0.1, -0.05) is 80.6 Å². The Morgan fingerprint density at radius 1 is 0.651 bits per heavy atom. The Morgan fingerprint density at radius 2 is 1.42 bits per heavy atom. The van der Waals surface area contributed by atoms with E-state index in [-0.39, 0.29) is 5.41 Å². The Kier molecular flexibility index (Phi) is 4.95. The fourth-order valence-corrected chi connectivity index (χ4v) is 7.29. The number of rotatable bonds is 3. The molecule has 1 aliphatic carbocycles. The van der Waals surface area contributed by atoms with E-state index in [1.54, 1.807) is 0 Å². The lowest BCUT2D eigenvalue weighted by atomic mass is 9.81. The Balaban J connectivity index is 1.17. The highest BCUT2D eigenvalue weighted by Gasteiger charge is 2.38. The highest BCUT2D eigenvalue weighted by atomic mass is 15.1. The van der Waals surface area contributed by atoms with Gasteiger partial charge in [-0.2, -0.15) is 0 Å². The number of anilines is 2. The first-order valence-electron chi connectivity index (χ1n) is 14.9. The van der Waals surface area contributed by atoms with E-state index in [9.17, 15) is 0 Å². The average molecular weight is 552 g/mol. The molecule has 0 saturated carbocycles. The van der Waals surface area contributed by atoms with Crippen LogP contribution in [0.3, 0.4) is 0 Å². The first kappa shape index (κ1) is 24.2. The molecular formula is C40H29N3. The zero-order valence-corrected chi connectivity index (χ0v) is 24.1. The van der Waals surface area contributed by atoms with Crippen molar-refractivity contribution in [2.75, 3.05) is 4.90 Å². The minimum atomic E-state index is -0.0241. The summed E-state index contributed by atoms with van der Waals surface area (Å²) in [6.45, 7) is 4.71. The van der Waals surface area contributed by atoms with Crippen LogP contribution in [-0.4, -0.2) is 9.55 Å². The molecule has 1 aromatic heterocycles. The van der Waals surface area contributed by atoms with Crippen molar-refractivity contribution in [3.8, 4) is 28.2 Å². The van der Waals surface area contributed by atoms with Gasteiger partial charge in [-0.15, -0.1) is 0 Å². The van der Waals surface area contributed by atoms with E-state index in [0.29, 0.717) is 0 Å². The molecular weight excluding hydrogens is 522 g/mol. The molecule has 3 nitrogen and oxygen atoms in total. The molecule has 0 atom stereocenters.